The topological polar surface area (TPSA) is 26.0 Å². The quantitative estimate of drug-likeness (QED) is 0.430. The van der Waals surface area contributed by atoms with Crippen LogP contribution in [0, 0.1) is 16.7 Å². The maximum Gasteiger partial charge on any atom is 0.0606 e. The van der Waals surface area contributed by atoms with Crippen LogP contribution in [0.4, 0.5) is 0 Å². The van der Waals surface area contributed by atoms with Crippen LogP contribution in [0.25, 0.3) is 0 Å². The summed E-state index contributed by atoms with van der Waals surface area (Å²) in [5, 5.41) is 0. The van der Waals surface area contributed by atoms with Crippen molar-refractivity contribution in [3.63, 3.8) is 0 Å². The summed E-state index contributed by atoms with van der Waals surface area (Å²) < 4.78 is 0. The van der Waals surface area contributed by atoms with E-state index < -0.39 is 0 Å². The van der Waals surface area contributed by atoms with Crippen LogP contribution in [0.5, 0.6) is 0 Å². The van der Waals surface area contributed by atoms with Gasteiger partial charge in [0.25, 0.3) is 0 Å². The summed E-state index contributed by atoms with van der Waals surface area (Å²) in [4.78, 5) is 0. The zero-order valence-electron chi connectivity index (χ0n) is 17.0. The van der Waals surface area contributed by atoms with Gasteiger partial charge in [0.1, 0.15) is 0 Å². The Morgan fingerprint density at radius 2 is 1.24 bits per heavy atom. The first-order chi connectivity index (χ1) is 9.60. The Morgan fingerprint density at radius 3 is 1.57 bits per heavy atom. The SMILES string of the molecule is CC.CC.CC1=C(C)C(C)(C)C(C)C(N)CC1(C)C.[B]C. The Bertz CT molecular complexity index is 290. The van der Waals surface area contributed by atoms with E-state index >= 15 is 0 Å². The molecule has 0 aromatic heterocycles. The minimum Gasteiger partial charge on any atom is -0.327 e. The van der Waals surface area contributed by atoms with Gasteiger partial charge >= 0.3 is 0 Å². The van der Waals surface area contributed by atoms with Gasteiger partial charge in [-0.05, 0) is 37.0 Å². The molecule has 0 spiro atoms. The molecule has 2 radical (unpaired) electrons. The van der Waals surface area contributed by atoms with E-state index in [0.717, 1.165) is 6.42 Å². The highest BCUT2D eigenvalue weighted by atomic mass is 14.7. The molecule has 2 N–H and O–H groups in total. The molecule has 0 fully saturated rings. The molecule has 0 aromatic carbocycles. The summed E-state index contributed by atoms with van der Waals surface area (Å²) in [5.74, 6) is 0.550. The molecule has 2 heteroatoms. The molecule has 0 saturated heterocycles. The fourth-order valence-electron chi connectivity index (χ4n) is 2.79. The van der Waals surface area contributed by atoms with E-state index in [1.807, 2.05) is 27.7 Å². The highest BCUT2D eigenvalue weighted by Gasteiger charge is 2.40. The minimum atomic E-state index is 0.233. The number of nitrogens with two attached hydrogens (primary N) is 1. The van der Waals surface area contributed by atoms with Gasteiger partial charge in [0, 0.05) is 6.04 Å². The molecule has 0 heterocycles. The van der Waals surface area contributed by atoms with Gasteiger partial charge in [0.15, 0.2) is 0 Å². The van der Waals surface area contributed by atoms with Crippen molar-refractivity contribution < 1.29 is 0 Å². The predicted molar refractivity (Wildman–Crippen MR) is 102 cm³/mol. The van der Waals surface area contributed by atoms with E-state index in [9.17, 15) is 0 Å². The Labute approximate surface area is 137 Å². The predicted octanol–water partition coefficient (Wildman–Crippen LogP) is 6.00. The van der Waals surface area contributed by atoms with Gasteiger partial charge in [0.05, 0.1) is 7.85 Å². The lowest BCUT2D eigenvalue weighted by Gasteiger charge is -2.35. The minimum absolute atomic E-state index is 0.233. The third kappa shape index (κ3) is 6.59. The van der Waals surface area contributed by atoms with Crippen LogP contribution in [-0.4, -0.2) is 13.9 Å². The van der Waals surface area contributed by atoms with Gasteiger partial charge in [-0.3, -0.25) is 0 Å². The van der Waals surface area contributed by atoms with Crippen LogP contribution in [0.15, 0.2) is 11.1 Å². The molecule has 2 unspecified atom stereocenters. The first-order valence-corrected chi connectivity index (χ1v) is 8.62. The van der Waals surface area contributed by atoms with Gasteiger partial charge < -0.3 is 5.73 Å². The highest BCUT2D eigenvalue weighted by Crippen LogP contribution is 2.48. The second-order valence-corrected chi connectivity index (χ2v) is 6.51. The Balaban J connectivity index is -0.000000478. The lowest BCUT2D eigenvalue weighted by atomic mass is 9.71. The summed E-state index contributed by atoms with van der Waals surface area (Å²) in [6.45, 7) is 25.7. The maximum atomic E-state index is 6.33. The fourth-order valence-corrected chi connectivity index (χ4v) is 2.79. The zero-order valence-corrected chi connectivity index (χ0v) is 17.0. The van der Waals surface area contributed by atoms with Gasteiger partial charge in [-0.1, -0.05) is 80.3 Å². The second-order valence-electron chi connectivity index (χ2n) is 6.51. The molecule has 21 heavy (non-hydrogen) atoms. The van der Waals surface area contributed by atoms with Crippen molar-refractivity contribution in [3.05, 3.63) is 11.1 Å². The van der Waals surface area contributed by atoms with Gasteiger partial charge in [-0.25, -0.2) is 0 Å². The lowest BCUT2D eigenvalue weighted by molar-refractivity contribution is 0.227. The van der Waals surface area contributed by atoms with Crippen molar-refractivity contribution in [2.24, 2.45) is 22.5 Å². The Morgan fingerprint density at radius 1 is 0.905 bits per heavy atom. The summed E-state index contributed by atoms with van der Waals surface area (Å²) in [5.41, 5.74) is 9.89. The van der Waals surface area contributed by atoms with Crippen LogP contribution < -0.4 is 5.73 Å². The van der Waals surface area contributed by atoms with E-state index in [1.165, 1.54) is 18.0 Å². The number of hydrogen-bond donors (Lipinski definition) is 1. The molecule has 126 valence electrons. The average Bonchev–Trinajstić information content (AvgIpc) is 2.52. The number of allylic oxidation sites excluding steroid dienone is 2. The Hall–Kier alpha value is -0.235. The van der Waals surface area contributed by atoms with Crippen molar-refractivity contribution in [1.29, 1.82) is 0 Å². The summed E-state index contributed by atoms with van der Waals surface area (Å²) in [7, 11) is 4.50. The van der Waals surface area contributed by atoms with Crippen LogP contribution in [0.3, 0.4) is 0 Å². The zero-order chi connectivity index (χ0) is 18.0. The van der Waals surface area contributed by atoms with E-state index in [-0.39, 0.29) is 10.8 Å². The molecular weight excluding hydrogens is 253 g/mol. The highest BCUT2D eigenvalue weighted by molar-refractivity contribution is 6.05. The van der Waals surface area contributed by atoms with Crippen molar-refractivity contribution >= 4 is 7.85 Å². The first kappa shape index (κ1) is 25.7. The standard InChI is InChI=1S/C14H27N.2C2H6.CH3B/c1-9-10(2)14(6,7)11(3)12(15)8-13(9,4)5;3*1-2/h11-12H,8,15H2,1-7H3;2*1-2H3;1H3. The normalized spacial score (nSPS) is 26.0. The molecule has 0 bridgehead atoms. The van der Waals surface area contributed by atoms with Gasteiger partial charge in [0.2, 0.25) is 0 Å². The molecule has 0 aromatic rings. The fraction of sp³-hybridized carbons (Fsp3) is 0.895. The van der Waals surface area contributed by atoms with Crippen molar-refractivity contribution in [2.45, 2.75) is 95.4 Å². The average molecular weight is 295 g/mol. The van der Waals surface area contributed by atoms with E-state index in [4.69, 9.17) is 5.73 Å². The molecular formula is C19H42BN. The third-order valence-corrected chi connectivity index (χ3v) is 5.07. The van der Waals surface area contributed by atoms with E-state index in [1.54, 1.807) is 0 Å². The van der Waals surface area contributed by atoms with Crippen LogP contribution in [0.1, 0.15) is 82.6 Å². The molecule has 1 rings (SSSR count). The van der Waals surface area contributed by atoms with Gasteiger partial charge in [-0.2, -0.15) is 0 Å². The molecule has 0 saturated carbocycles. The summed E-state index contributed by atoms with van der Waals surface area (Å²) >= 11 is 0. The van der Waals surface area contributed by atoms with Gasteiger partial charge in [-0.15, -0.1) is 0 Å². The van der Waals surface area contributed by atoms with Crippen molar-refractivity contribution in [2.75, 3.05) is 0 Å². The van der Waals surface area contributed by atoms with E-state index in [0.29, 0.717) is 12.0 Å². The van der Waals surface area contributed by atoms with Crippen LogP contribution in [-0.2, 0) is 0 Å². The van der Waals surface area contributed by atoms with Crippen LogP contribution in [0.2, 0.25) is 6.82 Å². The van der Waals surface area contributed by atoms with Crippen molar-refractivity contribution in [3.8, 4) is 0 Å². The monoisotopic (exact) mass is 295 g/mol. The van der Waals surface area contributed by atoms with Crippen molar-refractivity contribution in [1.82, 2.24) is 0 Å². The summed E-state index contributed by atoms with van der Waals surface area (Å²) in [6, 6.07) is 0.308. The largest absolute Gasteiger partial charge is 0.327 e. The van der Waals surface area contributed by atoms with E-state index in [2.05, 4.69) is 56.3 Å². The van der Waals surface area contributed by atoms with Crippen LogP contribution >= 0.6 is 0 Å². The molecule has 0 amide bonds. The Kier molecular flexibility index (Phi) is 13.9. The number of rotatable bonds is 0. The molecule has 2 atom stereocenters. The third-order valence-electron chi connectivity index (χ3n) is 5.07. The second kappa shape index (κ2) is 11.3. The molecule has 1 nitrogen and oxygen atoms in total. The molecule has 1 aliphatic carbocycles. The molecule has 0 aliphatic heterocycles. The maximum absolute atomic E-state index is 6.33. The number of hydrogen-bond acceptors (Lipinski definition) is 1. The lowest BCUT2D eigenvalue weighted by Crippen LogP contribution is -2.38. The summed E-state index contributed by atoms with van der Waals surface area (Å²) in [6.07, 6.45) is 1.10. The smallest absolute Gasteiger partial charge is 0.0606 e. The molecule has 1 aliphatic rings. The first-order valence-electron chi connectivity index (χ1n) is 8.62.